The molecule has 3 aromatic heterocycles. The Morgan fingerprint density at radius 2 is 2.05 bits per heavy atom. The number of anilines is 2. The summed E-state index contributed by atoms with van der Waals surface area (Å²) < 4.78 is 0.729. The number of rotatable bonds is 4. The van der Waals surface area contributed by atoms with Gasteiger partial charge >= 0.3 is 0 Å². The van der Waals surface area contributed by atoms with E-state index in [0.717, 1.165) is 10.3 Å². The average molecular weight is 398 g/mol. The van der Waals surface area contributed by atoms with Gasteiger partial charge in [-0.3, -0.25) is 0 Å². The van der Waals surface area contributed by atoms with Crippen molar-refractivity contribution in [2.75, 3.05) is 5.32 Å². The number of nitrogens with zero attached hydrogens (tertiary/aromatic N) is 4. The summed E-state index contributed by atoms with van der Waals surface area (Å²) >= 11 is 5.99. The Labute approximate surface area is 143 Å². The Morgan fingerprint density at radius 3 is 2.73 bits per heavy atom. The third-order valence-corrected chi connectivity index (χ3v) is 5.49. The summed E-state index contributed by atoms with van der Waals surface area (Å²) in [4.78, 5) is 8.61. The van der Waals surface area contributed by atoms with Gasteiger partial charge in [-0.05, 0) is 41.9 Å². The van der Waals surface area contributed by atoms with Crippen molar-refractivity contribution >= 4 is 49.6 Å². The van der Waals surface area contributed by atoms with Crippen LogP contribution < -0.4 is 5.32 Å². The maximum absolute atomic E-state index is 10.7. The summed E-state index contributed by atoms with van der Waals surface area (Å²) in [5.41, 5.74) is -0.372. The van der Waals surface area contributed by atoms with Crippen LogP contribution in [0.1, 0.15) is 22.6 Å². The first-order valence-electron chi connectivity index (χ1n) is 6.33. The molecule has 0 aliphatic rings. The summed E-state index contributed by atoms with van der Waals surface area (Å²) in [6, 6.07) is 5.54. The van der Waals surface area contributed by atoms with Gasteiger partial charge < -0.3 is 10.4 Å². The Bertz CT molecular complexity index is 801. The molecule has 0 aromatic carbocycles. The number of hydrogen-bond acceptors (Lipinski definition) is 8. The number of halogens is 1. The zero-order valence-electron chi connectivity index (χ0n) is 11.7. The molecule has 0 bridgehead atoms. The summed E-state index contributed by atoms with van der Waals surface area (Å²) in [6.45, 7) is 3.56. The molecular formula is C13H12BrN5OS2. The second-order valence-corrected chi connectivity index (χ2v) is 7.40. The van der Waals surface area contributed by atoms with Crippen molar-refractivity contribution in [2.45, 2.75) is 19.4 Å². The van der Waals surface area contributed by atoms with E-state index in [4.69, 9.17) is 0 Å². The molecule has 114 valence electrons. The normalized spacial score (nSPS) is 13.8. The standard InChI is InChI=1S/C13H12BrN5OS2/c1-7-6-21-10(15-7)13(2,20)11-18-19-12(22-11)17-9-5-3-4-8(14)16-9/h3-6,20H,1-2H3,(H,16,17,19)/t13-/m0/s1. The van der Waals surface area contributed by atoms with Crippen molar-refractivity contribution in [1.29, 1.82) is 0 Å². The van der Waals surface area contributed by atoms with Crippen LogP contribution in [0.2, 0.25) is 0 Å². The minimum Gasteiger partial charge on any atom is -0.376 e. The molecule has 0 spiro atoms. The lowest BCUT2D eigenvalue weighted by atomic mass is 10.1. The molecule has 9 heteroatoms. The molecule has 0 radical (unpaired) electrons. The predicted octanol–water partition coefficient (Wildman–Crippen LogP) is 3.46. The molecule has 0 amide bonds. The highest BCUT2D eigenvalue weighted by atomic mass is 79.9. The fraction of sp³-hybridized carbons (Fsp3) is 0.231. The van der Waals surface area contributed by atoms with E-state index >= 15 is 0 Å². The number of thiazole rings is 1. The van der Waals surface area contributed by atoms with Crippen molar-refractivity contribution < 1.29 is 5.11 Å². The smallest absolute Gasteiger partial charge is 0.211 e. The SMILES string of the molecule is Cc1csc([C@](C)(O)c2nnc(Nc3cccc(Br)n3)s2)n1. The van der Waals surface area contributed by atoms with E-state index in [9.17, 15) is 5.11 Å². The van der Waals surface area contributed by atoms with Gasteiger partial charge in [-0.1, -0.05) is 17.4 Å². The second kappa shape index (κ2) is 5.99. The molecule has 0 saturated heterocycles. The Morgan fingerprint density at radius 1 is 1.23 bits per heavy atom. The summed E-state index contributed by atoms with van der Waals surface area (Å²) in [5.74, 6) is 0.654. The Kier molecular flexibility index (Phi) is 4.22. The van der Waals surface area contributed by atoms with E-state index < -0.39 is 5.60 Å². The molecule has 0 saturated carbocycles. The first-order chi connectivity index (χ1) is 10.4. The number of aliphatic hydroxyl groups is 1. The molecule has 0 unspecified atom stereocenters. The quantitative estimate of drug-likeness (QED) is 0.655. The van der Waals surface area contributed by atoms with Crippen LogP contribution in [-0.4, -0.2) is 25.3 Å². The van der Waals surface area contributed by atoms with Crippen LogP contribution in [0.3, 0.4) is 0 Å². The van der Waals surface area contributed by atoms with Gasteiger partial charge in [0.05, 0.1) is 0 Å². The van der Waals surface area contributed by atoms with Gasteiger partial charge in [0.1, 0.15) is 15.4 Å². The van der Waals surface area contributed by atoms with Crippen LogP contribution in [0, 0.1) is 6.92 Å². The lowest BCUT2D eigenvalue weighted by Gasteiger charge is -2.16. The first-order valence-corrected chi connectivity index (χ1v) is 8.82. The zero-order chi connectivity index (χ0) is 15.7. The first kappa shape index (κ1) is 15.5. The van der Waals surface area contributed by atoms with Gasteiger partial charge in [0.15, 0.2) is 10.6 Å². The van der Waals surface area contributed by atoms with Crippen LogP contribution in [0.25, 0.3) is 0 Å². The van der Waals surface area contributed by atoms with E-state index in [1.54, 1.807) is 6.92 Å². The minimum atomic E-state index is -1.25. The number of hydrogen-bond donors (Lipinski definition) is 2. The van der Waals surface area contributed by atoms with Crippen molar-refractivity contribution in [1.82, 2.24) is 20.2 Å². The van der Waals surface area contributed by atoms with Crippen LogP contribution in [0.4, 0.5) is 10.9 Å². The largest absolute Gasteiger partial charge is 0.376 e. The van der Waals surface area contributed by atoms with E-state index in [-0.39, 0.29) is 0 Å². The van der Waals surface area contributed by atoms with Gasteiger partial charge in [0.2, 0.25) is 5.13 Å². The van der Waals surface area contributed by atoms with Crippen molar-refractivity contribution in [3.63, 3.8) is 0 Å². The minimum absolute atomic E-state index is 0.486. The molecular weight excluding hydrogens is 386 g/mol. The molecule has 3 rings (SSSR count). The fourth-order valence-electron chi connectivity index (χ4n) is 1.73. The molecule has 0 fully saturated rings. The van der Waals surface area contributed by atoms with Crippen LogP contribution >= 0.6 is 38.6 Å². The molecule has 0 aliphatic carbocycles. The Balaban J connectivity index is 1.84. The van der Waals surface area contributed by atoms with Crippen LogP contribution in [-0.2, 0) is 5.60 Å². The van der Waals surface area contributed by atoms with E-state index in [1.165, 1.54) is 22.7 Å². The number of nitrogens with one attached hydrogen (secondary N) is 1. The maximum atomic E-state index is 10.7. The third-order valence-electron chi connectivity index (χ3n) is 2.83. The zero-order valence-corrected chi connectivity index (χ0v) is 15.0. The summed E-state index contributed by atoms with van der Waals surface area (Å²) in [7, 11) is 0. The lowest BCUT2D eigenvalue weighted by molar-refractivity contribution is 0.101. The summed E-state index contributed by atoms with van der Waals surface area (Å²) in [5, 5.41) is 25.5. The lowest BCUT2D eigenvalue weighted by Crippen LogP contribution is -2.22. The molecule has 3 aromatic rings. The van der Waals surface area contributed by atoms with Gasteiger partial charge in [-0.25, -0.2) is 9.97 Å². The monoisotopic (exact) mass is 397 g/mol. The summed E-state index contributed by atoms with van der Waals surface area (Å²) in [6.07, 6.45) is 0. The van der Waals surface area contributed by atoms with E-state index in [0.29, 0.717) is 21.0 Å². The number of aryl methyl sites for hydroxylation is 1. The topological polar surface area (TPSA) is 83.8 Å². The maximum Gasteiger partial charge on any atom is 0.211 e. The molecule has 2 N–H and O–H groups in total. The molecule has 22 heavy (non-hydrogen) atoms. The van der Waals surface area contributed by atoms with Crippen LogP contribution in [0.5, 0.6) is 0 Å². The molecule has 0 aliphatic heterocycles. The third kappa shape index (κ3) is 3.17. The Hall–Kier alpha value is -1.42. The highest BCUT2D eigenvalue weighted by Gasteiger charge is 2.33. The average Bonchev–Trinajstić information content (AvgIpc) is 3.08. The fourth-order valence-corrected chi connectivity index (χ4v) is 3.79. The highest BCUT2D eigenvalue weighted by Crippen LogP contribution is 2.34. The highest BCUT2D eigenvalue weighted by molar-refractivity contribution is 9.10. The predicted molar refractivity (Wildman–Crippen MR) is 90.7 cm³/mol. The van der Waals surface area contributed by atoms with Crippen molar-refractivity contribution in [3.05, 3.63) is 43.9 Å². The number of pyridine rings is 1. The van der Waals surface area contributed by atoms with Gasteiger partial charge in [-0.15, -0.1) is 21.5 Å². The molecule has 3 heterocycles. The van der Waals surface area contributed by atoms with E-state index in [2.05, 4.69) is 41.4 Å². The van der Waals surface area contributed by atoms with Gasteiger partial charge in [0, 0.05) is 11.1 Å². The van der Waals surface area contributed by atoms with Crippen molar-refractivity contribution in [3.8, 4) is 0 Å². The molecule has 6 nitrogen and oxygen atoms in total. The van der Waals surface area contributed by atoms with Gasteiger partial charge in [-0.2, -0.15) is 0 Å². The van der Waals surface area contributed by atoms with Crippen molar-refractivity contribution in [2.24, 2.45) is 0 Å². The van der Waals surface area contributed by atoms with E-state index in [1.807, 2.05) is 30.5 Å². The van der Waals surface area contributed by atoms with Crippen LogP contribution in [0.15, 0.2) is 28.2 Å². The second-order valence-electron chi connectivity index (χ2n) is 4.75. The number of aromatic nitrogens is 4. The molecule has 1 atom stereocenters. The van der Waals surface area contributed by atoms with Gasteiger partial charge in [0.25, 0.3) is 0 Å².